The predicted octanol–water partition coefficient (Wildman–Crippen LogP) is 4.58. The van der Waals surface area contributed by atoms with Gasteiger partial charge in [0.2, 0.25) is 5.91 Å². The highest BCUT2D eigenvalue weighted by molar-refractivity contribution is 6.30. The number of benzene rings is 3. The second-order valence-electron chi connectivity index (χ2n) is 9.19. The van der Waals surface area contributed by atoms with Crippen molar-refractivity contribution in [3.63, 3.8) is 0 Å². The summed E-state index contributed by atoms with van der Waals surface area (Å²) in [5.74, 6) is -1.67. The molecule has 1 atom stereocenters. The maximum atomic E-state index is 14.6. The molecule has 0 saturated carbocycles. The van der Waals surface area contributed by atoms with E-state index in [1.165, 1.54) is 23.2 Å². The summed E-state index contributed by atoms with van der Waals surface area (Å²) in [6, 6.07) is 19.3. The van der Waals surface area contributed by atoms with Crippen LogP contribution in [0.15, 0.2) is 79.1 Å². The number of carboxylic acids is 1. The Kier molecular flexibility index (Phi) is 10.4. The number of carbonyl (C=O) groups is 2. The molecule has 0 fully saturated rings. The Hall–Kier alpha value is -4.77. The predicted molar refractivity (Wildman–Crippen MR) is 156 cm³/mol. The lowest BCUT2D eigenvalue weighted by molar-refractivity contribution is -0.137. The molecule has 41 heavy (non-hydrogen) atoms. The summed E-state index contributed by atoms with van der Waals surface area (Å²) < 4.78 is 16.1. The molecule has 4 aromatic rings. The zero-order valence-corrected chi connectivity index (χ0v) is 22.8. The minimum absolute atomic E-state index is 0.0114. The number of aliphatic carboxylic acids is 1. The monoisotopic (exact) mass is 577 g/mol. The van der Waals surface area contributed by atoms with Crippen LogP contribution in [0.1, 0.15) is 24.0 Å². The molecule has 0 saturated heterocycles. The minimum atomic E-state index is -0.891. The van der Waals surface area contributed by atoms with Crippen molar-refractivity contribution >= 4 is 40.9 Å². The molecule has 1 aromatic heterocycles. The molecular weight excluding hydrogens is 549 g/mol. The highest BCUT2D eigenvalue weighted by Crippen LogP contribution is 2.21. The number of nitrogens with zero attached hydrogens (tertiary/aromatic N) is 4. The van der Waals surface area contributed by atoms with Gasteiger partial charge in [0, 0.05) is 41.9 Å². The number of carboxylic acid groups (broad SMARTS) is 1. The number of rotatable bonds is 14. The minimum Gasteiger partial charge on any atom is -0.481 e. The van der Waals surface area contributed by atoms with Crippen LogP contribution in [-0.4, -0.2) is 56.3 Å². The molecule has 212 valence electrons. The zero-order chi connectivity index (χ0) is 29.0. The molecule has 0 spiro atoms. The fourth-order valence-electron chi connectivity index (χ4n) is 4.10. The van der Waals surface area contributed by atoms with E-state index in [0.717, 1.165) is 5.56 Å². The molecule has 0 aliphatic rings. The van der Waals surface area contributed by atoms with Gasteiger partial charge in [0.05, 0.1) is 17.4 Å². The molecule has 0 unspecified atom stereocenters. The maximum absolute atomic E-state index is 14.6. The van der Waals surface area contributed by atoms with E-state index in [9.17, 15) is 14.0 Å². The third-order valence-corrected chi connectivity index (χ3v) is 6.31. The van der Waals surface area contributed by atoms with Gasteiger partial charge in [-0.15, -0.1) is 5.10 Å². The molecular formula is C29H29ClFN7O3. The SMILES string of the molecule is O=C(O)CCCNc1ccc(NC[C@H](Cc2ccccc2)NC(=O)/C=C/c2cc(Cl)ccc2-n2cnnn2)cc1F. The first-order valence-corrected chi connectivity index (χ1v) is 13.3. The van der Waals surface area contributed by atoms with Crippen LogP contribution in [0.25, 0.3) is 11.8 Å². The number of anilines is 2. The first-order valence-electron chi connectivity index (χ1n) is 12.9. The maximum Gasteiger partial charge on any atom is 0.303 e. The van der Waals surface area contributed by atoms with Crippen molar-refractivity contribution in [2.24, 2.45) is 0 Å². The molecule has 1 heterocycles. The van der Waals surface area contributed by atoms with E-state index in [1.807, 2.05) is 30.3 Å². The molecule has 0 radical (unpaired) electrons. The molecule has 0 bridgehead atoms. The van der Waals surface area contributed by atoms with Crippen LogP contribution in [0.3, 0.4) is 0 Å². The molecule has 3 aromatic carbocycles. The summed E-state index contributed by atoms with van der Waals surface area (Å²) in [4.78, 5) is 23.6. The first-order chi connectivity index (χ1) is 19.9. The molecule has 0 aliphatic heterocycles. The van der Waals surface area contributed by atoms with Gasteiger partial charge in [-0.1, -0.05) is 41.9 Å². The van der Waals surface area contributed by atoms with Crippen LogP contribution in [0.2, 0.25) is 5.02 Å². The summed E-state index contributed by atoms with van der Waals surface area (Å²) in [5, 5.41) is 29.6. The Morgan fingerprint density at radius 2 is 1.90 bits per heavy atom. The highest BCUT2D eigenvalue weighted by atomic mass is 35.5. The summed E-state index contributed by atoms with van der Waals surface area (Å²) in [7, 11) is 0. The van der Waals surface area contributed by atoms with Crippen molar-refractivity contribution in [1.29, 1.82) is 0 Å². The van der Waals surface area contributed by atoms with Crippen molar-refractivity contribution in [1.82, 2.24) is 25.5 Å². The number of hydrogen-bond acceptors (Lipinski definition) is 7. The van der Waals surface area contributed by atoms with E-state index in [4.69, 9.17) is 16.7 Å². The highest BCUT2D eigenvalue weighted by Gasteiger charge is 2.13. The van der Waals surface area contributed by atoms with Crippen molar-refractivity contribution in [3.05, 3.63) is 101 Å². The van der Waals surface area contributed by atoms with Crippen LogP contribution < -0.4 is 16.0 Å². The fraction of sp³-hybridized carbons (Fsp3) is 0.207. The number of hydrogen-bond donors (Lipinski definition) is 4. The third kappa shape index (κ3) is 9.14. The van der Waals surface area contributed by atoms with Gasteiger partial charge < -0.3 is 21.1 Å². The number of halogens is 2. The van der Waals surface area contributed by atoms with Crippen molar-refractivity contribution in [3.8, 4) is 5.69 Å². The fourth-order valence-corrected chi connectivity index (χ4v) is 4.28. The molecule has 4 rings (SSSR count). The second-order valence-corrected chi connectivity index (χ2v) is 9.62. The van der Waals surface area contributed by atoms with Gasteiger partial charge in [-0.2, -0.15) is 4.68 Å². The Morgan fingerprint density at radius 1 is 1.07 bits per heavy atom. The third-order valence-electron chi connectivity index (χ3n) is 6.08. The quantitative estimate of drug-likeness (QED) is 0.126. The van der Waals surface area contributed by atoms with Gasteiger partial charge in [0.25, 0.3) is 0 Å². The molecule has 1 amide bonds. The Balaban J connectivity index is 1.41. The molecule has 0 aliphatic carbocycles. The van der Waals surface area contributed by atoms with Crippen molar-refractivity contribution < 1.29 is 19.1 Å². The van der Waals surface area contributed by atoms with E-state index in [1.54, 1.807) is 36.4 Å². The van der Waals surface area contributed by atoms with Gasteiger partial charge in [0.1, 0.15) is 12.1 Å². The average molecular weight is 578 g/mol. The van der Waals surface area contributed by atoms with E-state index in [-0.39, 0.29) is 18.4 Å². The number of nitrogens with one attached hydrogen (secondary N) is 3. The van der Waals surface area contributed by atoms with E-state index in [0.29, 0.717) is 53.6 Å². The summed E-state index contributed by atoms with van der Waals surface area (Å²) >= 11 is 6.18. The van der Waals surface area contributed by atoms with E-state index >= 15 is 0 Å². The van der Waals surface area contributed by atoms with Crippen LogP contribution in [0, 0.1) is 5.82 Å². The summed E-state index contributed by atoms with van der Waals surface area (Å²) in [5.41, 5.74) is 3.19. The number of carbonyl (C=O) groups excluding carboxylic acids is 1. The van der Waals surface area contributed by atoms with Crippen LogP contribution in [0.4, 0.5) is 15.8 Å². The van der Waals surface area contributed by atoms with Crippen LogP contribution in [0.5, 0.6) is 0 Å². The first kappa shape index (κ1) is 29.2. The molecule has 10 nitrogen and oxygen atoms in total. The molecule has 4 N–H and O–H groups in total. The van der Waals surface area contributed by atoms with Crippen molar-refractivity contribution in [2.75, 3.05) is 23.7 Å². The largest absolute Gasteiger partial charge is 0.481 e. The zero-order valence-electron chi connectivity index (χ0n) is 22.0. The smallest absolute Gasteiger partial charge is 0.303 e. The van der Waals surface area contributed by atoms with Gasteiger partial charge >= 0.3 is 5.97 Å². The summed E-state index contributed by atoms with van der Waals surface area (Å²) in [6.07, 6.45) is 5.46. The van der Waals surface area contributed by atoms with E-state index in [2.05, 4.69) is 31.5 Å². The summed E-state index contributed by atoms with van der Waals surface area (Å²) in [6.45, 7) is 0.688. The Labute approximate surface area is 241 Å². The Bertz CT molecular complexity index is 1480. The van der Waals surface area contributed by atoms with Gasteiger partial charge in [0.15, 0.2) is 0 Å². The normalized spacial score (nSPS) is 11.8. The average Bonchev–Trinajstić information content (AvgIpc) is 3.49. The number of aromatic nitrogens is 4. The van der Waals surface area contributed by atoms with E-state index < -0.39 is 11.8 Å². The second kappa shape index (κ2) is 14.6. The Morgan fingerprint density at radius 3 is 2.63 bits per heavy atom. The van der Waals surface area contributed by atoms with Gasteiger partial charge in [-0.25, -0.2) is 4.39 Å². The lowest BCUT2D eigenvalue weighted by atomic mass is 10.1. The lowest BCUT2D eigenvalue weighted by Gasteiger charge is -2.20. The number of amides is 1. The standard InChI is InChI=1S/C29H29ClFN7O3/c30-22-9-12-27(38-19-34-36-37-38)21(16-22)8-13-28(39)35-24(15-20-5-2-1-3-6-20)18-33-23-10-11-26(25(31)17-23)32-14-4-7-29(40)41/h1-3,5-6,8-13,16-17,19,24,32-33H,4,7,14-15,18H2,(H,35,39)(H,40,41)/b13-8+/t24-/m0/s1. The number of tetrazole rings is 1. The van der Waals surface area contributed by atoms with Gasteiger partial charge in [-0.05, 0) is 71.3 Å². The van der Waals surface area contributed by atoms with Crippen LogP contribution in [-0.2, 0) is 16.0 Å². The van der Waals surface area contributed by atoms with Gasteiger partial charge in [-0.3, -0.25) is 9.59 Å². The topological polar surface area (TPSA) is 134 Å². The van der Waals surface area contributed by atoms with Crippen LogP contribution >= 0.6 is 11.6 Å². The van der Waals surface area contributed by atoms with Crippen molar-refractivity contribution in [2.45, 2.75) is 25.3 Å². The lowest BCUT2D eigenvalue weighted by Crippen LogP contribution is -2.40. The molecule has 12 heteroatoms.